The number of hydrogen-bond acceptors (Lipinski definition) is 3. The highest BCUT2D eigenvalue weighted by Crippen LogP contribution is 2.25. The standard InChI is InChI=1S/C20H23N3O2/c1-14-9-10-15(19(24)22(2)3)13-18(14)21-17-11-12-23(20(17)25)16-7-5-4-6-8-16/h4-10,13,17,21H,11-12H2,1-3H3. The third-order valence-electron chi connectivity index (χ3n) is 4.49. The number of benzene rings is 2. The molecule has 0 bridgehead atoms. The fourth-order valence-electron chi connectivity index (χ4n) is 3.03. The Bertz CT molecular complexity index is 787. The summed E-state index contributed by atoms with van der Waals surface area (Å²) in [5, 5.41) is 3.33. The van der Waals surface area contributed by atoms with Gasteiger partial charge >= 0.3 is 0 Å². The van der Waals surface area contributed by atoms with Crippen molar-refractivity contribution < 1.29 is 9.59 Å². The normalized spacial score (nSPS) is 16.8. The zero-order chi connectivity index (χ0) is 18.0. The second kappa shape index (κ2) is 6.97. The molecule has 0 spiro atoms. The minimum Gasteiger partial charge on any atom is -0.373 e. The predicted octanol–water partition coefficient (Wildman–Crippen LogP) is 2.91. The average Bonchev–Trinajstić information content (AvgIpc) is 2.97. The second-order valence-corrected chi connectivity index (χ2v) is 6.54. The molecule has 1 saturated heterocycles. The lowest BCUT2D eigenvalue weighted by Gasteiger charge is -2.19. The molecule has 1 aliphatic rings. The lowest BCUT2D eigenvalue weighted by atomic mass is 10.1. The van der Waals surface area contributed by atoms with Crippen LogP contribution >= 0.6 is 0 Å². The molecule has 0 aliphatic carbocycles. The van der Waals surface area contributed by atoms with Gasteiger partial charge in [-0.25, -0.2) is 0 Å². The maximum Gasteiger partial charge on any atom is 0.253 e. The van der Waals surface area contributed by atoms with E-state index in [1.165, 1.54) is 0 Å². The molecule has 1 unspecified atom stereocenters. The first kappa shape index (κ1) is 17.0. The van der Waals surface area contributed by atoms with Crippen molar-refractivity contribution in [1.82, 2.24) is 4.90 Å². The third kappa shape index (κ3) is 3.50. The van der Waals surface area contributed by atoms with Crippen LogP contribution in [0.25, 0.3) is 0 Å². The Balaban J connectivity index is 1.78. The summed E-state index contributed by atoms with van der Waals surface area (Å²) in [7, 11) is 3.46. The highest BCUT2D eigenvalue weighted by Gasteiger charge is 2.32. The van der Waals surface area contributed by atoms with Gasteiger partial charge in [0.05, 0.1) is 0 Å². The van der Waals surface area contributed by atoms with Crippen molar-refractivity contribution in [2.45, 2.75) is 19.4 Å². The van der Waals surface area contributed by atoms with Crippen molar-refractivity contribution in [2.24, 2.45) is 0 Å². The van der Waals surface area contributed by atoms with E-state index in [0.29, 0.717) is 12.1 Å². The van der Waals surface area contributed by atoms with Crippen LogP contribution in [0.3, 0.4) is 0 Å². The van der Waals surface area contributed by atoms with E-state index in [2.05, 4.69) is 5.32 Å². The monoisotopic (exact) mass is 337 g/mol. The van der Waals surface area contributed by atoms with E-state index in [9.17, 15) is 9.59 Å². The van der Waals surface area contributed by atoms with Crippen LogP contribution in [0, 0.1) is 6.92 Å². The Kier molecular flexibility index (Phi) is 4.74. The Morgan fingerprint density at radius 2 is 1.88 bits per heavy atom. The van der Waals surface area contributed by atoms with Crippen LogP contribution < -0.4 is 10.2 Å². The van der Waals surface area contributed by atoms with Crippen LogP contribution in [0.2, 0.25) is 0 Å². The van der Waals surface area contributed by atoms with Crippen LogP contribution in [0.1, 0.15) is 22.3 Å². The third-order valence-corrected chi connectivity index (χ3v) is 4.49. The van der Waals surface area contributed by atoms with E-state index < -0.39 is 0 Å². The Morgan fingerprint density at radius 3 is 2.56 bits per heavy atom. The van der Waals surface area contributed by atoms with E-state index in [-0.39, 0.29) is 17.9 Å². The molecule has 0 saturated carbocycles. The Hall–Kier alpha value is -2.82. The Morgan fingerprint density at radius 1 is 1.16 bits per heavy atom. The van der Waals surface area contributed by atoms with Gasteiger partial charge in [-0.1, -0.05) is 24.3 Å². The maximum absolute atomic E-state index is 12.7. The van der Waals surface area contributed by atoms with Crippen molar-refractivity contribution in [3.05, 3.63) is 59.7 Å². The summed E-state index contributed by atoms with van der Waals surface area (Å²) in [6, 6.07) is 15.0. The predicted molar refractivity (Wildman–Crippen MR) is 100 cm³/mol. The van der Waals surface area contributed by atoms with Gasteiger partial charge in [0.1, 0.15) is 6.04 Å². The Labute approximate surface area is 148 Å². The number of rotatable bonds is 4. The maximum atomic E-state index is 12.7. The van der Waals surface area contributed by atoms with Gasteiger partial charge in [-0.05, 0) is 43.2 Å². The summed E-state index contributed by atoms with van der Waals surface area (Å²) in [6.07, 6.45) is 0.735. The lowest BCUT2D eigenvalue weighted by molar-refractivity contribution is -0.117. The van der Waals surface area contributed by atoms with Gasteiger partial charge in [0.25, 0.3) is 5.91 Å². The van der Waals surface area contributed by atoms with Crippen LogP contribution in [-0.2, 0) is 4.79 Å². The largest absolute Gasteiger partial charge is 0.373 e. The number of para-hydroxylation sites is 1. The van der Waals surface area contributed by atoms with Gasteiger partial charge in [-0.3, -0.25) is 9.59 Å². The molecule has 0 radical (unpaired) electrons. The van der Waals surface area contributed by atoms with Crippen molar-refractivity contribution in [1.29, 1.82) is 0 Å². The molecule has 1 aliphatic heterocycles. The summed E-state index contributed by atoms with van der Waals surface area (Å²) in [5.74, 6) is 0.0154. The van der Waals surface area contributed by atoms with E-state index in [1.807, 2.05) is 60.4 Å². The molecule has 0 aromatic heterocycles. The van der Waals surface area contributed by atoms with Crippen LogP contribution in [0.5, 0.6) is 0 Å². The fourth-order valence-corrected chi connectivity index (χ4v) is 3.03. The molecule has 3 rings (SSSR count). The summed E-state index contributed by atoms with van der Waals surface area (Å²) >= 11 is 0. The first-order valence-corrected chi connectivity index (χ1v) is 8.42. The van der Waals surface area contributed by atoms with Crippen LogP contribution in [-0.4, -0.2) is 43.4 Å². The van der Waals surface area contributed by atoms with Gasteiger partial charge in [0.15, 0.2) is 0 Å². The molecule has 1 fully saturated rings. The number of aryl methyl sites for hydroxylation is 1. The average molecular weight is 337 g/mol. The molecule has 2 aromatic carbocycles. The molecular formula is C20H23N3O2. The second-order valence-electron chi connectivity index (χ2n) is 6.54. The minimum absolute atomic E-state index is 0.0493. The summed E-state index contributed by atoms with van der Waals surface area (Å²) in [4.78, 5) is 28.3. The number of anilines is 2. The van der Waals surface area contributed by atoms with Crippen molar-refractivity contribution >= 4 is 23.2 Å². The highest BCUT2D eigenvalue weighted by molar-refractivity contribution is 6.01. The molecule has 2 amide bonds. The molecule has 25 heavy (non-hydrogen) atoms. The molecule has 1 atom stereocenters. The van der Waals surface area contributed by atoms with Gasteiger partial charge in [-0.15, -0.1) is 0 Å². The van der Waals surface area contributed by atoms with Gasteiger partial charge in [0, 0.05) is 37.6 Å². The summed E-state index contributed by atoms with van der Waals surface area (Å²) in [6.45, 7) is 2.66. The molecule has 1 heterocycles. The number of nitrogens with zero attached hydrogens (tertiary/aromatic N) is 2. The van der Waals surface area contributed by atoms with Crippen molar-refractivity contribution in [3.63, 3.8) is 0 Å². The van der Waals surface area contributed by atoms with Crippen molar-refractivity contribution in [2.75, 3.05) is 30.9 Å². The zero-order valence-electron chi connectivity index (χ0n) is 14.8. The number of nitrogens with one attached hydrogen (secondary N) is 1. The van der Waals surface area contributed by atoms with Crippen LogP contribution in [0.15, 0.2) is 48.5 Å². The topological polar surface area (TPSA) is 52.7 Å². The highest BCUT2D eigenvalue weighted by atomic mass is 16.2. The van der Waals surface area contributed by atoms with E-state index in [4.69, 9.17) is 0 Å². The molecule has 5 heteroatoms. The number of carbonyl (C=O) groups excluding carboxylic acids is 2. The molecule has 1 N–H and O–H groups in total. The van der Waals surface area contributed by atoms with Gasteiger partial charge in [0.2, 0.25) is 5.91 Å². The first-order chi connectivity index (χ1) is 12.0. The first-order valence-electron chi connectivity index (χ1n) is 8.42. The molecule has 130 valence electrons. The number of hydrogen-bond donors (Lipinski definition) is 1. The summed E-state index contributed by atoms with van der Waals surface area (Å²) in [5.41, 5.74) is 3.38. The minimum atomic E-state index is -0.274. The quantitative estimate of drug-likeness (QED) is 0.933. The smallest absolute Gasteiger partial charge is 0.253 e. The van der Waals surface area contributed by atoms with Crippen molar-refractivity contribution in [3.8, 4) is 0 Å². The van der Waals surface area contributed by atoms with Gasteiger partial charge < -0.3 is 15.1 Å². The van der Waals surface area contributed by atoms with Gasteiger partial charge in [-0.2, -0.15) is 0 Å². The molecular weight excluding hydrogens is 314 g/mol. The van der Waals surface area contributed by atoms with E-state index in [1.54, 1.807) is 19.0 Å². The van der Waals surface area contributed by atoms with E-state index >= 15 is 0 Å². The zero-order valence-corrected chi connectivity index (χ0v) is 14.8. The number of carbonyl (C=O) groups is 2. The SMILES string of the molecule is Cc1ccc(C(=O)N(C)C)cc1NC1CCN(c2ccccc2)C1=O. The molecule has 5 nitrogen and oxygen atoms in total. The lowest BCUT2D eigenvalue weighted by Crippen LogP contribution is -2.33. The number of amides is 2. The molecule has 2 aromatic rings. The van der Waals surface area contributed by atoms with E-state index in [0.717, 1.165) is 23.4 Å². The fraction of sp³-hybridized carbons (Fsp3) is 0.300. The van der Waals surface area contributed by atoms with Crippen LogP contribution in [0.4, 0.5) is 11.4 Å². The summed E-state index contributed by atoms with van der Waals surface area (Å²) < 4.78 is 0.